The molecule has 0 aromatic carbocycles. The lowest BCUT2D eigenvalue weighted by molar-refractivity contribution is 0.570. The maximum absolute atomic E-state index is 11.1. The first-order chi connectivity index (χ1) is 11.4. The molecular formula is C16H25N5O2S. The van der Waals surface area contributed by atoms with Crippen molar-refractivity contribution in [1.29, 1.82) is 0 Å². The summed E-state index contributed by atoms with van der Waals surface area (Å²) in [6, 6.07) is 0. The number of nitrogens with two attached hydrogens (primary N) is 1. The van der Waals surface area contributed by atoms with Crippen molar-refractivity contribution < 1.29 is 8.42 Å². The molecule has 2 heterocycles. The predicted molar refractivity (Wildman–Crippen MR) is 95.4 cm³/mol. The van der Waals surface area contributed by atoms with Crippen LogP contribution in [0.1, 0.15) is 42.8 Å². The molecule has 0 radical (unpaired) electrons. The molecular weight excluding hydrogens is 326 g/mol. The van der Waals surface area contributed by atoms with Gasteiger partial charge in [-0.15, -0.1) is 0 Å². The Morgan fingerprint density at radius 2 is 1.96 bits per heavy atom. The molecule has 0 atom stereocenters. The molecule has 0 spiro atoms. The van der Waals surface area contributed by atoms with Crippen LogP contribution in [-0.2, 0) is 29.4 Å². The summed E-state index contributed by atoms with van der Waals surface area (Å²) in [5.41, 5.74) is 10.5. The number of nitrogens with one attached hydrogen (secondary N) is 1. The highest BCUT2D eigenvalue weighted by Gasteiger charge is 2.21. The SMILES string of the molecule is Cc1nc2c(N)nc3c(c2n1CCCCNS(C)(=O)=O)CCCC3. The topological polar surface area (TPSA) is 103 Å². The van der Waals surface area contributed by atoms with Crippen LogP contribution in [0.3, 0.4) is 0 Å². The predicted octanol–water partition coefficient (Wildman–Crippen LogP) is 1.53. The van der Waals surface area contributed by atoms with Crippen molar-refractivity contribution in [3.05, 3.63) is 17.1 Å². The Bertz CT molecular complexity index is 857. The van der Waals surface area contributed by atoms with E-state index < -0.39 is 10.0 Å². The first-order valence-electron chi connectivity index (χ1n) is 8.45. The molecule has 8 heteroatoms. The standard InChI is InChI=1S/C16H25N5O2S/c1-11-19-14-15(12-7-3-4-8-13(12)20-16(14)17)21(11)10-6-5-9-18-24(2,22)23/h18H,3-10H2,1-2H3,(H2,17,20). The maximum Gasteiger partial charge on any atom is 0.208 e. The molecule has 1 aliphatic carbocycles. The molecule has 2 aromatic rings. The Morgan fingerprint density at radius 1 is 1.21 bits per heavy atom. The molecule has 132 valence electrons. The fourth-order valence-corrected chi connectivity index (χ4v) is 3.96. The van der Waals surface area contributed by atoms with Crippen LogP contribution in [0, 0.1) is 6.92 Å². The summed E-state index contributed by atoms with van der Waals surface area (Å²) >= 11 is 0. The second-order valence-corrected chi connectivity index (χ2v) is 8.34. The van der Waals surface area contributed by atoms with Crippen molar-refractivity contribution in [3.8, 4) is 0 Å². The zero-order valence-electron chi connectivity index (χ0n) is 14.3. The van der Waals surface area contributed by atoms with E-state index in [1.165, 1.54) is 18.2 Å². The number of anilines is 1. The third-order valence-corrected chi connectivity index (χ3v) is 5.28. The number of sulfonamides is 1. The number of nitrogens with zero attached hydrogens (tertiary/aromatic N) is 3. The minimum Gasteiger partial charge on any atom is -0.382 e. The summed E-state index contributed by atoms with van der Waals surface area (Å²) in [5, 5.41) is 0. The lowest BCUT2D eigenvalue weighted by atomic mass is 9.95. The number of pyridine rings is 1. The fraction of sp³-hybridized carbons (Fsp3) is 0.625. The lowest BCUT2D eigenvalue weighted by Gasteiger charge is -2.18. The van der Waals surface area contributed by atoms with Gasteiger partial charge in [0.1, 0.15) is 11.3 Å². The summed E-state index contributed by atoms with van der Waals surface area (Å²) < 4.78 is 27.0. The Labute approximate surface area is 142 Å². The van der Waals surface area contributed by atoms with Crippen LogP contribution < -0.4 is 10.5 Å². The van der Waals surface area contributed by atoms with Crippen LogP contribution in [0.5, 0.6) is 0 Å². The van der Waals surface area contributed by atoms with E-state index in [4.69, 9.17) is 5.73 Å². The van der Waals surface area contributed by atoms with Crippen molar-refractivity contribution in [2.45, 2.75) is 52.0 Å². The second kappa shape index (κ2) is 6.68. The highest BCUT2D eigenvalue weighted by atomic mass is 32.2. The van der Waals surface area contributed by atoms with Gasteiger partial charge < -0.3 is 10.3 Å². The molecule has 0 bridgehead atoms. The van der Waals surface area contributed by atoms with Gasteiger partial charge in [0.15, 0.2) is 5.82 Å². The van der Waals surface area contributed by atoms with E-state index >= 15 is 0 Å². The van der Waals surface area contributed by atoms with Crippen LogP contribution >= 0.6 is 0 Å². The van der Waals surface area contributed by atoms with Gasteiger partial charge in [0.05, 0.1) is 11.8 Å². The van der Waals surface area contributed by atoms with Crippen LogP contribution in [0.4, 0.5) is 5.82 Å². The number of hydrogen-bond donors (Lipinski definition) is 2. The minimum absolute atomic E-state index is 0.465. The number of nitrogen functional groups attached to an aromatic ring is 1. The Morgan fingerprint density at radius 3 is 2.71 bits per heavy atom. The van der Waals surface area contributed by atoms with E-state index in [9.17, 15) is 8.42 Å². The molecule has 0 fully saturated rings. The zero-order chi connectivity index (χ0) is 17.3. The van der Waals surface area contributed by atoms with Crippen molar-refractivity contribution >= 4 is 26.9 Å². The zero-order valence-corrected chi connectivity index (χ0v) is 15.1. The van der Waals surface area contributed by atoms with E-state index in [2.05, 4.69) is 19.3 Å². The number of rotatable bonds is 6. The molecule has 0 saturated heterocycles. The van der Waals surface area contributed by atoms with Gasteiger partial charge in [-0.25, -0.2) is 23.1 Å². The van der Waals surface area contributed by atoms with E-state index in [1.807, 2.05) is 6.92 Å². The molecule has 3 rings (SSSR count). The number of unbranched alkanes of at least 4 members (excludes halogenated alkanes) is 1. The van der Waals surface area contributed by atoms with Gasteiger partial charge in [0.25, 0.3) is 0 Å². The van der Waals surface area contributed by atoms with Gasteiger partial charge in [-0.2, -0.15) is 0 Å². The van der Waals surface area contributed by atoms with Crippen LogP contribution in [-0.4, -0.2) is 35.8 Å². The van der Waals surface area contributed by atoms with E-state index in [0.717, 1.165) is 61.2 Å². The first-order valence-corrected chi connectivity index (χ1v) is 10.3. The lowest BCUT2D eigenvalue weighted by Crippen LogP contribution is -2.23. The third kappa shape index (κ3) is 3.54. The van der Waals surface area contributed by atoms with Gasteiger partial charge in [-0.1, -0.05) is 0 Å². The van der Waals surface area contributed by atoms with E-state index in [0.29, 0.717) is 12.4 Å². The summed E-state index contributed by atoms with van der Waals surface area (Å²) in [6.45, 7) is 3.26. The maximum atomic E-state index is 11.1. The van der Waals surface area contributed by atoms with E-state index in [-0.39, 0.29) is 0 Å². The van der Waals surface area contributed by atoms with Crippen LogP contribution in [0.2, 0.25) is 0 Å². The average Bonchev–Trinajstić information content (AvgIpc) is 2.84. The fourth-order valence-electron chi connectivity index (χ4n) is 3.44. The highest BCUT2D eigenvalue weighted by Crippen LogP contribution is 2.31. The second-order valence-electron chi connectivity index (χ2n) is 6.51. The Balaban J connectivity index is 1.82. The molecule has 7 nitrogen and oxygen atoms in total. The Hall–Kier alpha value is -1.67. The van der Waals surface area contributed by atoms with Crippen molar-refractivity contribution in [2.24, 2.45) is 0 Å². The van der Waals surface area contributed by atoms with Crippen molar-refractivity contribution in [3.63, 3.8) is 0 Å². The highest BCUT2D eigenvalue weighted by molar-refractivity contribution is 7.88. The largest absolute Gasteiger partial charge is 0.382 e. The molecule has 0 unspecified atom stereocenters. The normalized spacial score (nSPS) is 14.9. The van der Waals surface area contributed by atoms with Gasteiger partial charge >= 0.3 is 0 Å². The summed E-state index contributed by atoms with van der Waals surface area (Å²) in [6.07, 6.45) is 7.20. The number of fused-ring (bicyclic) bond motifs is 3. The molecule has 0 saturated carbocycles. The molecule has 0 amide bonds. The quantitative estimate of drug-likeness (QED) is 0.768. The van der Waals surface area contributed by atoms with Gasteiger partial charge in [0, 0.05) is 18.8 Å². The number of aryl methyl sites for hydroxylation is 4. The smallest absolute Gasteiger partial charge is 0.208 e. The monoisotopic (exact) mass is 351 g/mol. The summed E-state index contributed by atoms with van der Waals surface area (Å²) in [5.74, 6) is 1.46. The average molecular weight is 351 g/mol. The minimum atomic E-state index is -3.11. The summed E-state index contributed by atoms with van der Waals surface area (Å²) in [7, 11) is -3.11. The van der Waals surface area contributed by atoms with Crippen LogP contribution in [0.15, 0.2) is 0 Å². The number of aromatic nitrogens is 3. The van der Waals surface area contributed by atoms with Crippen molar-refractivity contribution in [1.82, 2.24) is 19.3 Å². The van der Waals surface area contributed by atoms with Crippen molar-refractivity contribution in [2.75, 3.05) is 18.5 Å². The molecule has 1 aliphatic rings. The van der Waals surface area contributed by atoms with Gasteiger partial charge in [-0.05, 0) is 51.0 Å². The van der Waals surface area contributed by atoms with Gasteiger partial charge in [0.2, 0.25) is 10.0 Å². The molecule has 3 N–H and O–H groups in total. The summed E-state index contributed by atoms with van der Waals surface area (Å²) in [4.78, 5) is 9.18. The van der Waals surface area contributed by atoms with Crippen LogP contribution in [0.25, 0.3) is 11.0 Å². The Kier molecular flexibility index (Phi) is 4.78. The molecule has 0 aliphatic heterocycles. The third-order valence-electron chi connectivity index (χ3n) is 4.55. The van der Waals surface area contributed by atoms with E-state index in [1.54, 1.807) is 0 Å². The molecule has 24 heavy (non-hydrogen) atoms. The number of imidazole rings is 1. The van der Waals surface area contributed by atoms with Gasteiger partial charge in [-0.3, -0.25) is 0 Å². The first kappa shape index (κ1) is 17.2. The molecule has 2 aromatic heterocycles. The number of hydrogen-bond acceptors (Lipinski definition) is 5.